The molecular weight excluding hydrogens is 352 g/mol. The molecule has 0 N–H and O–H groups in total. The van der Waals surface area contributed by atoms with E-state index < -0.39 is 0 Å². The number of carbonyl (C=O) groups is 1. The van der Waals surface area contributed by atoms with Gasteiger partial charge in [0.05, 0.1) is 13.2 Å². The van der Waals surface area contributed by atoms with E-state index in [-0.39, 0.29) is 12.0 Å². The van der Waals surface area contributed by atoms with Crippen LogP contribution in [0.5, 0.6) is 11.5 Å². The van der Waals surface area contributed by atoms with Gasteiger partial charge in [-0.15, -0.1) is 0 Å². The smallest absolute Gasteiger partial charge is 0.254 e. The summed E-state index contributed by atoms with van der Waals surface area (Å²) in [5.41, 5.74) is 3.00. The van der Waals surface area contributed by atoms with Crippen molar-refractivity contribution in [2.75, 3.05) is 32.1 Å². The molecule has 1 aliphatic heterocycles. The van der Waals surface area contributed by atoms with Crippen molar-refractivity contribution < 1.29 is 14.3 Å². The van der Waals surface area contributed by atoms with Crippen molar-refractivity contribution in [2.45, 2.75) is 39.3 Å². The lowest BCUT2D eigenvalue weighted by Gasteiger charge is -2.25. The first-order chi connectivity index (χ1) is 13.5. The summed E-state index contributed by atoms with van der Waals surface area (Å²) in [6.45, 7) is 6.67. The summed E-state index contributed by atoms with van der Waals surface area (Å²) in [6, 6.07) is 13.7. The minimum atomic E-state index is -0.0365. The molecule has 0 radical (unpaired) electrons. The van der Waals surface area contributed by atoms with Gasteiger partial charge in [-0.2, -0.15) is 0 Å². The number of rotatable bonds is 7. The van der Waals surface area contributed by atoms with Crippen molar-refractivity contribution in [3.8, 4) is 11.5 Å². The summed E-state index contributed by atoms with van der Waals surface area (Å²) in [5.74, 6) is 1.19. The molecular formula is C23H30N2O3. The average Bonchev–Trinajstić information content (AvgIpc) is 3.22. The fraction of sp³-hybridized carbons (Fsp3) is 0.435. The SMILES string of the molecule is COc1cc(C(=O)N(C)Cc2ccccc2N2CCCC2)ccc1OC(C)C. The van der Waals surface area contributed by atoms with E-state index in [2.05, 4.69) is 23.1 Å². The van der Waals surface area contributed by atoms with E-state index >= 15 is 0 Å². The molecule has 0 aromatic heterocycles. The van der Waals surface area contributed by atoms with Crippen LogP contribution in [0.2, 0.25) is 0 Å². The van der Waals surface area contributed by atoms with Crippen LogP contribution in [-0.2, 0) is 6.54 Å². The van der Waals surface area contributed by atoms with Gasteiger partial charge in [-0.3, -0.25) is 4.79 Å². The predicted octanol–water partition coefficient (Wildman–Crippen LogP) is 4.35. The van der Waals surface area contributed by atoms with Crippen LogP contribution in [-0.4, -0.2) is 44.2 Å². The van der Waals surface area contributed by atoms with Crippen molar-refractivity contribution >= 4 is 11.6 Å². The van der Waals surface area contributed by atoms with E-state index in [1.54, 1.807) is 30.2 Å². The molecule has 1 saturated heterocycles. The van der Waals surface area contributed by atoms with Gasteiger partial charge < -0.3 is 19.3 Å². The first-order valence-electron chi connectivity index (χ1n) is 9.92. The number of carbonyl (C=O) groups excluding carboxylic acids is 1. The molecule has 3 rings (SSSR count). The molecule has 1 amide bonds. The van der Waals surface area contributed by atoms with Crippen LogP contribution in [0.25, 0.3) is 0 Å². The number of nitrogens with zero attached hydrogens (tertiary/aromatic N) is 2. The molecule has 5 nitrogen and oxygen atoms in total. The van der Waals surface area contributed by atoms with Gasteiger partial charge in [0, 0.05) is 37.9 Å². The fourth-order valence-electron chi connectivity index (χ4n) is 3.61. The van der Waals surface area contributed by atoms with E-state index in [1.165, 1.54) is 24.1 Å². The molecule has 150 valence electrons. The average molecular weight is 383 g/mol. The van der Waals surface area contributed by atoms with Gasteiger partial charge in [-0.1, -0.05) is 18.2 Å². The molecule has 0 bridgehead atoms. The zero-order valence-corrected chi connectivity index (χ0v) is 17.3. The van der Waals surface area contributed by atoms with Crippen molar-refractivity contribution in [3.63, 3.8) is 0 Å². The van der Waals surface area contributed by atoms with Gasteiger partial charge >= 0.3 is 0 Å². The highest BCUT2D eigenvalue weighted by Gasteiger charge is 2.19. The van der Waals surface area contributed by atoms with E-state index in [0.29, 0.717) is 23.6 Å². The standard InChI is InChI=1S/C23H30N2O3/c1-17(2)28-21-12-11-18(15-22(21)27-4)23(26)24(3)16-19-9-5-6-10-20(19)25-13-7-8-14-25/h5-6,9-12,15,17H,7-8,13-14,16H2,1-4H3. The number of anilines is 1. The highest BCUT2D eigenvalue weighted by Crippen LogP contribution is 2.30. The van der Waals surface area contributed by atoms with Crippen LogP contribution in [0.15, 0.2) is 42.5 Å². The molecule has 28 heavy (non-hydrogen) atoms. The molecule has 0 aliphatic carbocycles. The minimum Gasteiger partial charge on any atom is -0.493 e. The second-order valence-corrected chi connectivity index (χ2v) is 7.52. The van der Waals surface area contributed by atoms with Crippen LogP contribution in [0, 0.1) is 0 Å². The Morgan fingerprint density at radius 3 is 2.50 bits per heavy atom. The van der Waals surface area contributed by atoms with Gasteiger partial charge in [0.25, 0.3) is 5.91 Å². The molecule has 2 aromatic rings. The Kier molecular flexibility index (Phi) is 6.45. The van der Waals surface area contributed by atoms with Gasteiger partial charge in [0.15, 0.2) is 11.5 Å². The van der Waals surface area contributed by atoms with Crippen LogP contribution in [0.1, 0.15) is 42.6 Å². The molecule has 2 aromatic carbocycles. The number of hydrogen-bond acceptors (Lipinski definition) is 4. The maximum Gasteiger partial charge on any atom is 0.254 e. The molecule has 1 fully saturated rings. The summed E-state index contributed by atoms with van der Waals surface area (Å²) in [7, 11) is 3.43. The number of ether oxygens (including phenoxy) is 2. The van der Waals surface area contributed by atoms with Crippen LogP contribution >= 0.6 is 0 Å². The lowest BCUT2D eigenvalue weighted by atomic mass is 10.1. The Balaban J connectivity index is 1.76. The maximum atomic E-state index is 13.0. The number of para-hydroxylation sites is 1. The third-order valence-electron chi connectivity index (χ3n) is 4.97. The third-order valence-corrected chi connectivity index (χ3v) is 4.97. The fourth-order valence-corrected chi connectivity index (χ4v) is 3.61. The second kappa shape index (κ2) is 9.00. The summed E-state index contributed by atoms with van der Waals surface area (Å²) in [5, 5.41) is 0. The Labute approximate surface area is 167 Å². The van der Waals surface area contributed by atoms with Crippen LogP contribution in [0.3, 0.4) is 0 Å². The zero-order chi connectivity index (χ0) is 20.1. The van der Waals surface area contributed by atoms with Crippen molar-refractivity contribution in [1.82, 2.24) is 4.90 Å². The van der Waals surface area contributed by atoms with Crippen molar-refractivity contribution in [2.24, 2.45) is 0 Å². The third kappa shape index (κ3) is 4.58. The number of amides is 1. The molecule has 0 atom stereocenters. The molecule has 1 aliphatic rings. The Bertz CT molecular complexity index is 813. The molecule has 0 unspecified atom stereocenters. The number of methoxy groups -OCH3 is 1. The van der Waals surface area contributed by atoms with E-state index in [0.717, 1.165) is 13.1 Å². The number of benzene rings is 2. The van der Waals surface area contributed by atoms with Gasteiger partial charge in [0.2, 0.25) is 0 Å². The Morgan fingerprint density at radius 1 is 1.11 bits per heavy atom. The minimum absolute atomic E-state index is 0.0365. The first-order valence-corrected chi connectivity index (χ1v) is 9.92. The molecule has 0 spiro atoms. The number of hydrogen-bond donors (Lipinski definition) is 0. The Hall–Kier alpha value is -2.69. The molecule has 0 saturated carbocycles. The van der Waals surface area contributed by atoms with E-state index in [1.807, 2.05) is 27.0 Å². The van der Waals surface area contributed by atoms with Crippen molar-refractivity contribution in [1.29, 1.82) is 0 Å². The highest BCUT2D eigenvalue weighted by molar-refractivity contribution is 5.94. The largest absolute Gasteiger partial charge is 0.493 e. The lowest BCUT2D eigenvalue weighted by Crippen LogP contribution is -2.28. The molecule has 1 heterocycles. The van der Waals surface area contributed by atoms with Gasteiger partial charge in [-0.25, -0.2) is 0 Å². The monoisotopic (exact) mass is 382 g/mol. The summed E-state index contributed by atoms with van der Waals surface area (Å²) >= 11 is 0. The van der Waals surface area contributed by atoms with Crippen LogP contribution < -0.4 is 14.4 Å². The normalized spacial score (nSPS) is 13.7. The molecule has 5 heteroatoms. The topological polar surface area (TPSA) is 42.0 Å². The zero-order valence-electron chi connectivity index (χ0n) is 17.3. The Morgan fingerprint density at radius 2 is 1.82 bits per heavy atom. The van der Waals surface area contributed by atoms with Crippen LogP contribution in [0.4, 0.5) is 5.69 Å². The van der Waals surface area contributed by atoms with Crippen molar-refractivity contribution in [3.05, 3.63) is 53.6 Å². The predicted molar refractivity (Wildman–Crippen MR) is 112 cm³/mol. The highest BCUT2D eigenvalue weighted by atomic mass is 16.5. The van der Waals surface area contributed by atoms with E-state index in [9.17, 15) is 4.79 Å². The second-order valence-electron chi connectivity index (χ2n) is 7.52. The van der Waals surface area contributed by atoms with E-state index in [4.69, 9.17) is 9.47 Å². The summed E-state index contributed by atoms with van der Waals surface area (Å²) < 4.78 is 11.2. The quantitative estimate of drug-likeness (QED) is 0.714. The van der Waals surface area contributed by atoms with Gasteiger partial charge in [0.1, 0.15) is 0 Å². The first kappa shape index (κ1) is 20.1. The lowest BCUT2D eigenvalue weighted by molar-refractivity contribution is 0.0785. The van der Waals surface area contributed by atoms with Gasteiger partial charge in [-0.05, 0) is 56.5 Å². The summed E-state index contributed by atoms with van der Waals surface area (Å²) in [6.07, 6.45) is 2.50. The maximum absolute atomic E-state index is 13.0. The summed E-state index contributed by atoms with van der Waals surface area (Å²) in [4.78, 5) is 17.2.